The van der Waals surface area contributed by atoms with Gasteiger partial charge in [0, 0.05) is 31.1 Å². The van der Waals surface area contributed by atoms with Crippen LogP contribution >= 0.6 is 0 Å². The van der Waals surface area contributed by atoms with E-state index in [1.165, 1.54) is 29.9 Å². The second-order valence-corrected chi connectivity index (χ2v) is 8.49. The van der Waals surface area contributed by atoms with Crippen LogP contribution in [-0.2, 0) is 24.7 Å². The van der Waals surface area contributed by atoms with Crippen LogP contribution in [0.15, 0.2) is 70.4 Å². The van der Waals surface area contributed by atoms with Crippen LogP contribution in [0.1, 0.15) is 28.4 Å². The van der Waals surface area contributed by atoms with Crippen LogP contribution in [0, 0.1) is 11.6 Å². The second-order valence-electron chi connectivity index (χ2n) is 8.49. The first-order valence-corrected chi connectivity index (χ1v) is 11.4. The number of benzene rings is 3. The lowest BCUT2D eigenvalue weighted by Gasteiger charge is -2.18. The summed E-state index contributed by atoms with van der Waals surface area (Å²) in [5.41, 5.74) is -1.01. The number of hydrogen-bond donors (Lipinski definition) is 2. The highest BCUT2D eigenvalue weighted by atomic mass is 19.1. The molecule has 8 nitrogen and oxygen atoms in total. The zero-order chi connectivity index (χ0) is 26.9. The summed E-state index contributed by atoms with van der Waals surface area (Å²) in [5.74, 6) is -4.71. The number of halogens is 2. The first-order chi connectivity index (χ1) is 17.6. The maximum atomic E-state index is 14.7. The number of carbonyl (C=O) groups is 2. The van der Waals surface area contributed by atoms with E-state index in [9.17, 15) is 33.1 Å². The van der Waals surface area contributed by atoms with Crippen molar-refractivity contribution in [3.63, 3.8) is 0 Å². The van der Waals surface area contributed by atoms with Crippen molar-refractivity contribution in [3.8, 4) is 5.69 Å². The Morgan fingerprint density at radius 3 is 2.38 bits per heavy atom. The Hall–Kier alpha value is -4.60. The van der Waals surface area contributed by atoms with Gasteiger partial charge in [0.15, 0.2) is 0 Å². The van der Waals surface area contributed by atoms with Crippen molar-refractivity contribution in [2.24, 2.45) is 7.05 Å². The molecule has 4 rings (SSSR count). The molecule has 37 heavy (non-hydrogen) atoms. The van der Waals surface area contributed by atoms with Crippen molar-refractivity contribution in [1.82, 2.24) is 14.5 Å². The molecule has 0 aliphatic carbocycles. The molecule has 3 aromatic carbocycles. The molecular weight excluding hydrogens is 484 g/mol. The van der Waals surface area contributed by atoms with Crippen LogP contribution in [0.4, 0.5) is 8.78 Å². The van der Waals surface area contributed by atoms with Crippen LogP contribution in [0.25, 0.3) is 16.5 Å². The van der Waals surface area contributed by atoms with Crippen LogP contribution in [-0.4, -0.2) is 32.2 Å². The molecule has 190 valence electrons. The predicted octanol–water partition coefficient (Wildman–Crippen LogP) is 2.96. The normalized spacial score (nSPS) is 11.9. The third-order valence-electron chi connectivity index (χ3n) is 6.19. The highest BCUT2D eigenvalue weighted by Crippen LogP contribution is 2.25. The average molecular weight is 507 g/mol. The number of nitrogens with zero attached hydrogens (tertiary/aromatic N) is 2. The number of carbonyl (C=O) groups excluding carboxylic acids is 1. The fourth-order valence-corrected chi connectivity index (χ4v) is 4.25. The number of carboxylic acid groups (broad SMARTS) is 1. The summed E-state index contributed by atoms with van der Waals surface area (Å²) < 4.78 is 31.2. The third-order valence-corrected chi connectivity index (χ3v) is 6.19. The second kappa shape index (κ2) is 10.2. The summed E-state index contributed by atoms with van der Waals surface area (Å²) in [6.07, 6.45) is 1.36. The molecule has 0 unspecified atom stereocenters. The lowest BCUT2D eigenvalue weighted by atomic mass is 9.97. The monoisotopic (exact) mass is 507 g/mol. The molecule has 1 amide bonds. The molecule has 0 saturated heterocycles. The van der Waals surface area contributed by atoms with E-state index >= 15 is 0 Å². The Labute approximate surface area is 209 Å². The molecular formula is C27H23F2N3O5. The number of hydrogen-bond acceptors (Lipinski definition) is 4. The lowest BCUT2D eigenvalue weighted by molar-refractivity contribution is -0.139. The van der Waals surface area contributed by atoms with Gasteiger partial charge in [0.05, 0.1) is 5.69 Å². The highest BCUT2D eigenvalue weighted by Gasteiger charge is 2.26. The van der Waals surface area contributed by atoms with E-state index in [1.54, 1.807) is 43.3 Å². The first-order valence-electron chi connectivity index (χ1n) is 11.4. The van der Waals surface area contributed by atoms with Gasteiger partial charge in [0.1, 0.15) is 23.2 Å². The Kier molecular flexibility index (Phi) is 7.01. The molecule has 0 aliphatic rings. The lowest BCUT2D eigenvalue weighted by Crippen LogP contribution is -2.43. The molecule has 0 spiro atoms. The molecule has 0 saturated carbocycles. The van der Waals surface area contributed by atoms with E-state index in [0.29, 0.717) is 22.0 Å². The van der Waals surface area contributed by atoms with E-state index in [4.69, 9.17) is 0 Å². The van der Waals surface area contributed by atoms with Gasteiger partial charge in [-0.15, -0.1) is 0 Å². The molecule has 0 fully saturated rings. The molecule has 0 bridgehead atoms. The molecule has 10 heteroatoms. The number of amides is 1. The quantitative estimate of drug-likeness (QED) is 0.400. The van der Waals surface area contributed by atoms with E-state index in [-0.39, 0.29) is 18.4 Å². The largest absolute Gasteiger partial charge is 0.480 e. The van der Waals surface area contributed by atoms with E-state index in [1.807, 2.05) is 0 Å². The summed E-state index contributed by atoms with van der Waals surface area (Å²) in [4.78, 5) is 50.0. The zero-order valence-electron chi connectivity index (χ0n) is 20.0. The standard InChI is InChI=1S/C27H23F2N3O5/c1-3-15-10-11-19(28)23(24(15)29)25(34)30-20(26(35)36)14-16-6-4-8-18-17(16)7-5-9-21(18)32-22(33)12-13-31(2)27(32)37/h4-13,20H,3,14H2,1-2H3,(H,30,34)(H,35,36)/t20-/m0/s1. The summed E-state index contributed by atoms with van der Waals surface area (Å²) in [5, 5.41) is 13.1. The molecule has 1 aromatic heterocycles. The van der Waals surface area contributed by atoms with Crippen LogP contribution in [0.3, 0.4) is 0 Å². The predicted molar refractivity (Wildman–Crippen MR) is 133 cm³/mol. The molecule has 0 radical (unpaired) electrons. The topological polar surface area (TPSA) is 110 Å². The van der Waals surface area contributed by atoms with E-state index in [0.717, 1.165) is 10.6 Å². The summed E-state index contributed by atoms with van der Waals surface area (Å²) in [6.45, 7) is 1.65. The van der Waals surface area contributed by atoms with Crippen molar-refractivity contribution >= 4 is 22.6 Å². The van der Waals surface area contributed by atoms with E-state index in [2.05, 4.69) is 5.32 Å². The first kappa shape index (κ1) is 25.5. The fourth-order valence-electron chi connectivity index (χ4n) is 4.25. The van der Waals surface area contributed by atoms with Gasteiger partial charge in [-0.05, 0) is 35.1 Å². The van der Waals surface area contributed by atoms with Crippen LogP contribution in [0.2, 0.25) is 0 Å². The van der Waals surface area contributed by atoms with Gasteiger partial charge in [-0.1, -0.05) is 43.3 Å². The van der Waals surface area contributed by atoms with E-state index < -0.39 is 46.4 Å². The maximum absolute atomic E-state index is 14.7. The fraction of sp³-hybridized carbons (Fsp3) is 0.185. The summed E-state index contributed by atoms with van der Waals surface area (Å²) in [7, 11) is 1.51. The number of fused-ring (bicyclic) bond motifs is 1. The molecule has 1 atom stereocenters. The van der Waals surface area contributed by atoms with Gasteiger partial charge < -0.3 is 15.0 Å². The van der Waals surface area contributed by atoms with Crippen molar-refractivity contribution in [3.05, 3.63) is 110 Å². The zero-order valence-corrected chi connectivity index (χ0v) is 20.0. The van der Waals surface area contributed by atoms with Gasteiger partial charge in [0.25, 0.3) is 11.5 Å². The Balaban J connectivity index is 1.74. The molecule has 4 aromatic rings. The van der Waals surface area contributed by atoms with Crippen molar-refractivity contribution < 1.29 is 23.5 Å². The summed E-state index contributed by atoms with van der Waals surface area (Å²) >= 11 is 0. The molecule has 2 N–H and O–H groups in total. The van der Waals surface area contributed by atoms with Crippen molar-refractivity contribution in [2.75, 3.05) is 0 Å². The van der Waals surface area contributed by atoms with Crippen LogP contribution < -0.4 is 16.6 Å². The van der Waals surface area contributed by atoms with Gasteiger partial charge in [-0.25, -0.2) is 22.9 Å². The Morgan fingerprint density at radius 1 is 0.973 bits per heavy atom. The third kappa shape index (κ3) is 4.77. The number of aliphatic carboxylic acids is 1. The number of nitrogens with one attached hydrogen (secondary N) is 1. The average Bonchev–Trinajstić information content (AvgIpc) is 2.86. The number of rotatable bonds is 7. The minimum Gasteiger partial charge on any atom is -0.480 e. The summed E-state index contributed by atoms with van der Waals surface area (Å²) in [6, 6.07) is 11.8. The van der Waals surface area contributed by atoms with Gasteiger partial charge in [-0.2, -0.15) is 0 Å². The Bertz CT molecular complexity index is 1660. The van der Waals surface area contributed by atoms with Gasteiger partial charge >= 0.3 is 11.7 Å². The smallest absolute Gasteiger partial charge is 0.335 e. The van der Waals surface area contributed by atoms with Crippen LogP contribution in [0.5, 0.6) is 0 Å². The minimum atomic E-state index is -1.52. The maximum Gasteiger partial charge on any atom is 0.335 e. The number of aromatic nitrogens is 2. The SMILES string of the molecule is CCc1ccc(F)c(C(=O)N[C@@H](Cc2cccc3c(-n4c(=O)ccn(C)c4=O)cccc23)C(=O)O)c1F. The van der Waals surface area contributed by atoms with Crippen molar-refractivity contribution in [2.45, 2.75) is 25.8 Å². The molecule has 1 heterocycles. The van der Waals surface area contributed by atoms with Gasteiger partial charge in [0.2, 0.25) is 0 Å². The molecule has 0 aliphatic heterocycles. The van der Waals surface area contributed by atoms with Gasteiger partial charge in [-0.3, -0.25) is 9.59 Å². The minimum absolute atomic E-state index is 0.127. The Morgan fingerprint density at radius 2 is 1.68 bits per heavy atom. The number of aryl methyl sites for hydroxylation is 2. The van der Waals surface area contributed by atoms with Crippen molar-refractivity contribution in [1.29, 1.82) is 0 Å². The highest BCUT2D eigenvalue weighted by molar-refractivity contribution is 5.98. The number of carboxylic acids is 1.